The molecule has 0 aliphatic carbocycles. The zero-order valence-corrected chi connectivity index (χ0v) is 20.2. The minimum atomic E-state index is -0.255. The monoisotopic (exact) mass is 489 g/mol. The molecule has 0 radical (unpaired) electrons. The summed E-state index contributed by atoms with van der Waals surface area (Å²) in [7, 11) is 0. The molecule has 0 bridgehead atoms. The van der Waals surface area contributed by atoms with Gasteiger partial charge in [-0.05, 0) is 73.1 Å². The molecule has 1 N–H and O–H groups in total. The van der Waals surface area contributed by atoms with Crippen LogP contribution in [0.2, 0.25) is 5.02 Å². The zero-order chi connectivity index (χ0) is 23.8. The minimum absolute atomic E-state index is 0.190. The summed E-state index contributed by atoms with van der Waals surface area (Å²) < 4.78 is 15.9. The van der Waals surface area contributed by atoms with Gasteiger partial charge < -0.3 is 9.88 Å². The van der Waals surface area contributed by atoms with Crippen molar-refractivity contribution in [2.45, 2.75) is 20.4 Å². The van der Waals surface area contributed by atoms with E-state index in [1.807, 2.05) is 62.4 Å². The minimum Gasteiger partial charge on any atom is -0.340 e. The Labute approximate surface area is 206 Å². The topological polar surface area (TPSA) is 46.4 Å². The fourth-order valence-electron chi connectivity index (χ4n) is 4.09. The average Bonchev–Trinajstić information content (AvgIpc) is 3.28. The number of hydrogen-bond acceptors (Lipinski definition) is 3. The molecule has 1 aliphatic rings. The van der Waals surface area contributed by atoms with Crippen LogP contribution in [-0.2, 0) is 11.3 Å². The number of benzene rings is 3. The Morgan fingerprint density at radius 3 is 2.74 bits per heavy atom. The first kappa shape index (κ1) is 22.4. The van der Waals surface area contributed by atoms with Crippen LogP contribution in [0, 0.1) is 19.7 Å². The molecule has 1 fully saturated rings. The number of carbonyl (C=O) groups is 1. The predicted octanol–water partition coefficient (Wildman–Crippen LogP) is 6.99. The molecule has 0 spiro atoms. The number of para-hydroxylation sites is 1. The van der Waals surface area contributed by atoms with E-state index in [0.29, 0.717) is 21.6 Å². The van der Waals surface area contributed by atoms with E-state index in [9.17, 15) is 9.18 Å². The third-order valence-corrected chi connectivity index (χ3v) is 6.97. The SMILES string of the molecule is Cc1ccc(Cl)cc1N=C1NC(=O)/C(=C/c2c(C)n(Cc3cccc(F)c3)c3ccccc23)S1. The van der Waals surface area contributed by atoms with E-state index in [4.69, 9.17) is 11.6 Å². The molecule has 170 valence electrons. The van der Waals surface area contributed by atoms with E-state index < -0.39 is 0 Å². The van der Waals surface area contributed by atoms with E-state index >= 15 is 0 Å². The molecule has 4 aromatic rings. The number of aliphatic imine (C=N–C) groups is 1. The molecule has 2 heterocycles. The normalized spacial score (nSPS) is 16.1. The van der Waals surface area contributed by atoms with Crippen molar-refractivity contribution in [3.05, 3.63) is 105 Å². The summed E-state index contributed by atoms with van der Waals surface area (Å²) in [5.41, 5.74) is 5.57. The van der Waals surface area contributed by atoms with Crippen molar-refractivity contribution in [1.82, 2.24) is 9.88 Å². The highest BCUT2D eigenvalue weighted by Gasteiger charge is 2.25. The molecule has 0 unspecified atom stereocenters. The van der Waals surface area contributed by atoms with E-state index in [1.165, 1.54) is 17.8 Å². The Balaban J connectivity index is 1.53. The fraction of sp³-hybridized carbons (Fsp3) is 0.111. The number of rotatable bonds is 4. The number of carbonyl (C=O) groups excluding carboxylic acids is 1. The standard InChI is InChI=1S/C27H21ClFN3OS/c1-16-10-11-19(28)13-23(16)30-27-31-26(33)25(34-27)14-22-17(2)32(24-9-4-3-8-21(22)24)15-18-6-5-7-20(29)12-18/h3-14H,15H2,1-2H3,(H,30,31,33)/b25-14-. The van der Waals surface area contributed by atoms with E-state index in [-0.39, 0.29) is 11.7 Å². The number of hydrogen-bond donors (Lipinski definition) is 1. The van der Waals surface area contributed by atoms with Crippen molar-refractivity contribution < 1.29 is 9.18 Å². The van der Waals surface area contributed by atoms with Gasteiger partial charge in [-0.3, -0.25) is 4.79 Å². The molecule has 0 saturated carbocycles. The molecule has 5 rings (SSSR count). The zero-order valence-electron chi connectivity index (χ0n) is 18.6. The number of amides is 1. The summed E-state index contributed by atoms with van der Waals surface area (Å²) in [6, 6.07) is 20.2. The number of aryl methyl sites for hydroxylation is 1. The number of halogens is 2. The third-order valence-electron chi connectivity index (χ3n) is 5.83. The van der Waals surface area contributed by atoms with Gasteiger partial charge in [0.25, 0.3) is 5.91 Å². The smallest absolute Gasteiger partial charge is 0.264 e. The molecule has 1 aromatic heterocycles. The quantitative estimate of drug-likeness (QED) is 0.314. The Bertz CT molecular complexity index is 1510. The van der Waals surface area contributed by atoms with Gasteiger partial charge in [0.05, 0.1) is 10.6 Å². The van der Waals surface area contributed by atoms with Crippen LogP contribution in [0.15, 0.2) is 76.6 Å². The predicted molar refractivity (Wildman–Crippen MR) is 139 cm³/mol. The van der Waals surface area contributed by atoms with Gasteiger partial charge in [0.15, 0.2) is 5.17 Å². The Morgan fingerprint density at radius 2 is 1.91 bits per heavy atom. The number of thioether (sulfide) groups is 1. The van der Waals surface area contributed by atoms with Crippen LogP contribution < -0.4 is 5.32 Å². The van der Waals surface area contributed by atoms with Gasteiger partial charge in [0, 0.05) is 33.7 Å². The number of fused-ring (bicyclic) bond motifs is 1. The lowest BCUT2D eigenvalue weighted by molar-refractivity contribution is -0.115. The number of nitrogens with zero attached hydrogens (tertiary/aromatic N) is 2. The summed E-state index contributed by atoms with van der Waals surface area (Å²) in [5, 5.41) is 5.00. The largest absolute Gasteiger partial charge is 0.340 e. The lowest BCUT2D eigenvalue weighted by Gasteiger charge is -2.09. The highest BCUT2D eigenvalue weighted by atomic mass is 35.5. The van der Waals surface area contributed by atoms with Crippen molar-refractivity contribution >= 4 is 57.1 Å². The lowest BCUT2D eigenvalue weighted by atomic mass is 10.1. The summed E-state index contributed by atoms with van der Waals surface area (Å²) in [6.45, 7) is 4.51. The molecule has 1 amide bonds. The van der Waals surface area contributed by atoms with Crippen molar-refractivity contribution in [1.29, 1.82) is 0 Å². The Morgan fingerprint density at radius 1 is 1.09 bits per heavy atom. The van der Waals surface area contributed by atoms with Gasteiger partial charge in [0.2, 0.25) is 0 Å². The summed E-state index contributed by atoms with van der Waals surface area (Å²) in [4.78, 5) is 17.9. The van der Waals surface area contributed by atoms with Crippen LogP contribution in [0.25, 0.3) is 17.0 Å². The van der Waals surface area contributed by atoms with E-state index in [1.54, 1.807) is 18.2 Å². The second-order valence-electron chi connectivity index (χ2n) is 8.14. The van der Waals surface area contributed by atoms with Crippen LogP contribution in [0.5, 0.6) is 0 Å². The molecule has 1 saturated heterocycles. The van der Waals surface area contributed by atoms with Crippen LogP contribution in [-0.4, -0.2) is 15.6 Å². The lowest BCUT2D eigenvalue weighted by Crippen LogP contribution is -2.19. The molecular weight excluding hydrogens is 469 g/mol. The van der Waals surface area contributed by atoms with Gasteiger partial charge in [0.1, 0.15) is 5.82 Å². The average molecular weight is 490 g/mol. The van der Waals surface area contributed by atoms with Crippen molar-refractivity contribution in [3.63, 3.8) is 0 Å². The summed E-state index contributed by atoms with van der Waals surface area (Å²) >= 11 is 7.41. The highest BCUT2D eigenvalue weighted by Crippen LogP contribution is 2.34. The van der Waals surface area contributed by atoms with Gasteiger partial charge in [-0.1, -0.05) is 48.0 Å². The maximum Gasteiger partial charge on any atom is 0.264 e. The van der Waals surface area contributed by atoms with Gasteiger partial charge in [-0.2, -0.15) is 0 Å². The number of aromatic nitrogens is 1. The van der Waals surface area contributed by atoms with Gasteiger partial charge in [-0.15, -0.1) is 0 Å². The Kier molecular flexibility index (Phi) is 6.02. The van der Waals surface area contributed by atoms with E-state index in [2.05, 4.69) is 14.9 Å². The molecule has 0 atom stereocenters. The summed E-state index contributed by atoms with van der Waals surface area (Å²) in [5.74, 6) is -0.445. The second kappa shape index (κ2) is 9.12. The fourth-order valence-corrected chi connectivity index (χ4v) is 5.07. The van der Waals surface area contributed by atoms with Crippen LogP contribution in [0.3, 0.4) is 0 Å². The second-order valence-corrected chi connectivity index (χ2v) is 9.61. The highest BCUT2D eigenvalue weighted by molar-refractivity contribution is 8.18. The molecule has 34 heavy (non-hydrogen) atoms. The maximum atomic E-state index is 13.8. The van der Waals surface area contributed by atoms with Crippen molar-refractivity contribution in [2.75, 3.05) is 0 Å². The first-order valence-electron chi connectivity index (χ1n) is 10.8. The summed E-state index contributed by atoms with van der Waals surface area (Å²) in [6.07, 6.45) is 1.91. The number of amidine groups is 1. The molecular formula is C27H21ClFN3OS. The molecule has 3 aromatic carbocycles. The van der Waals surface area contributed by atoms with Gasteiger partial charge >= 0.3 is 0 Å². The van der Waals surface area contributed by atoms with Crippen LogP contribution in [0.1, 0.15) is 22.4 Å². The maximum absolute atomic E-state index is 13.8. The first-order valence-corrected chi connectivity index (χ1v) is 12.0. The molecule has 1 aliphatic heterocycles. The van der Waals surface area contributed by atoms with Crippen molar-refractivity contribution in [2.24, 2.45) is 4.99 Å². The third kappa shape index (κ3) is 4.39. The Hall–Kier alpha value is -3.35. The van der Waals surface area contributed by atoms with Gasteiger partial charge in [-0.25, -0.2) is 9.38 Å². The number of nitrogens with one attached hydrogen (secondary N) is 1. The molecule has 4 nitrogen and oxygen atoms in total. The van der Waals surface area contributed by atoms with Crippen LogP contribution in [0.4, 0.5) is 10.1 Å². The van der Waals surface area contributed by atoms with E-state index in [0.717, 1.165) is 39.0 Å². The van der Waals surface area contributed by atoms with Crippen molar-refractivity contribution in [3.8, 4) is 0 Å². The molecule has 7 heteroatoms. The van der Waals surface area contributed by atoms with Crippen LogP contribution >= 0.6 is 23.4 Å². The first-order chi connectivity index (χ1) is 16.4.